The molecule has 2 fully saturated rings. The normalized spacial score (nSPS) is 21.1. The molecule has 192 valence electrons. The van der Waals surface area contributed by atoms with Crippen LogP contribution < -0.4 is 10.7 Å². The third kappa shape index (κ3) is 4.76. The predicted octanol–water partition coefficient (Wildman–Crippen LogP) is 4.77. The second-order valence-corrected chi connectivity index (χ2v) is 10.1. The summed E-state index contributed by atoms with van der Waals surface area (Å²) < 4.78 is 1.24. The lowest BCUT2D eigenvalue weighted by Crippen LogP contribution is -2.49. The molecule has 0 aromatic carbocycles. The average Bonchev–Trinajstić information content (AvgIpc) is 2.89. The van der Waals surface area contributed by atoms with Gasteiger partial charge in [-0.1, -0.05) is 50.7 Å². The molecule has 2 heterocycles. The Morgan fingerprint density at radius 2 is 1.57 bits per heavy atom. The zero-order valence-electron chi connectivity index (χ0n) is 21.4. The molecule has 1 aromatic rings. The van der Waals surface area contributed by atoms with Gasteiger partial charge >= 0.3 is 0 Å². The van der Waals surface area contributed by atoms with Crippen LogP contribution in [-0.2, 0) is 9.59 Å². The molecule has 0 N–H and O–H groups in total. The molecule has 0 unspecified atom stereocenters. The fraction of sp³-hybridized carbons (Fsp3) is 0.483. The van der Waals surface area contributed by atoms with Crippen LogP contribution in [0.25, 0.3) is 10.9 Å². The number of nitriles is 1. The van der Waals surface area contributed by atoms with Gasteiger partial charge in [0.25, 0.3) is 17.4 Å². The van der Waals surface area contributed by atoms with Gasteiger partial charge < -0.3 is 9.67 Å². The molecule has 37 heavy (non-hydrogen) atoms. The van der Waals surface area contributed by atoms with Crippen molar-refractivity contribution in [3.63, 3.8) is 0 Å². The molecule has 0 saturated heterocycles. The minimum absolute atomic E-state index is 0.0494. The van der Waals surface area contributed by atoms with Crippen molar-refractivity contribution in [1.82, 2.24) is 9.47 Å². The molecule has 8 nitrogen and oxygen atoms in total. The van der Waals surface area contributed by atoms with Crippen molar-refractivity contribution in [3.8, 4) is 11.9 Å². The highest BCUT2D eigenvalue weighted by atomic mass is 16.3. The Bertz CT molecular complexity index is 1350. The van der Waals surface area contributed by atoms with Crippen LogP contribution in [0.1, 0.15) is 88.3 Å². The molecule has 0 radical (unpaired) electrons. The molecular formula is C29H31N4O4-. The first-order chi connectivity index (χ1) is 17.8. The van der Waals surface area contributed by atoms with Crippen molar-refractivity contribution in [2.24, 2.45) is 0 Å². The van der Waals surface area contributed by atoms with E-state index in [4.69, 9.17) is 6.57 Å². The highest BCUT2D eigenvalue weighted by Gasteiger charge is 2.39. The zero-order chi connectivity index (χ0) is 26.7. The largest absolute Gasteiger partial charge is 0.869 e. The van der Waals surface area contributed by atoms with Gasteiger partial charge in [0.1, 0.15) is 11.6 Å². The van der Waals surface area contributed by atoms with E-state index < -0.39 is 23.3 Å². The lowest BCUT2D eigenvalue weighted by molar-refractivity contribution is -0.279. The predicted molar refractivity (Wildman–Crippen MR) is 137 cm³/mol. The van der Waals surface area contributed by atoms with E-state index in [0.717, 1.165) is 64.2 Å². The molecule has 0 atom stereocenters. The number of aromatic nitrogens is 1. The molecule has 2 aliphatic carbocycles. The highest BCUT2D eigenvalue weighted by Crippen LogP contribution is 2.36. The van der Waals surface area contributed by atoms with Crippen LogP contribution in [0.3, 0.4) is 0 Å². The third-order valence-corrected chi connectivity index (χ3v) is 7.92. The van der Waals surface area contributed by atoms with E-state index in [9.17, 15) is 24.8 Å². The Morgan fingerprint density at radius 1 is 0.973 bits per heavy atom. The van der Waals surface area contributed by atoms with Crippen LogP contribution >= 0.6 is 0 Å². The topological polar surface area (TPSA) is 111 Å². The van der Waals surface area contributed by atoms with Gasteiger partial charge in [0.15, 0.2) is 5.69 Å². The van der Waals surface area contributed by atoms with E-state index in [0.29, 0.717) is 11.1 Å². The summed E-state index contributed by atoms with van der Waals surface area (Å²) in [5.41, 5.74) is 0.533. The number of hydrogen-bond donors (Lipinski definition) is 0. The number of rotatable bonds is 4. The summed E-state index contributed by atoms with van der Waals surface area (Å²) >= 11 is 0. The van der Waals surface area contributed by atoms with Crippen LogP contribution in [0.4, 0.5) is 5.69 Å². The number of pyridine rings is 1. The fourth-order valence-corrected chi connectivity index (χ4v) is 5.82. The maximum absolute atomic E-state index is 13.4. The van der Waals surface area contributed by atoms with Crippen LogP contribution in [0.15, 0.2) is 33.7 Å². The SMILES string of the molecule is [C-]#[N+]c1c(C)c(C=C/C=C2\C(=O)N(C3CCCCC3)C(=O)C(C#N)=C2C)c(=O)n(C2CCCCC2)c1[O-]. The quantitative estimate of drug-likeness (QED) is 0.337. The number of imide groups is 1. The molecule has 0 spiro atoms. The smallest absolute Gasteiger partial charge is 0.271 e. The molecular weight excluding hydrogens is 468 g/mol. The molecule has 2 saturated carbocycles. The lowest BCUT2D eigenvalue weighted by atomic mass is 9.89. The van der Waals surface area contributed by atoms with Crippen LogP contribution in [0.2, 0.25) is 0 Å². The van der Waals surface area contributed by atoms with Gasteiger partial charge in [-0.2, -0.15) is 5.26 Å². The summed E-state index contributed by atoms with van der Waals surface area (Å²) in [4.78, 5) is 44.4. The molecule has 2 amide bonds. The van der Waals surface area contributed by atoms with E-state index in [-0.39, 0.29) is 34.5 Å². The van der Waals surface area contributed by atoms with E-state index in [2.05, 4.69) is 4.85 Å². The van der Waals surface area contributed by atoms with Crippen LogP contribution in [0, 0.1) is 24.8 Å². The Balaban J connectivity index is 1.76. The van der Waals surface area contributed by atoms with Crippen molar-refractivity contribution < 1.29 is 14.7 Å². The third-order valence-electron chi connectivity index (χ3n) is 7.92. The van der Waals surface area contributed by atoms with Crippen molar-refractivity contribution in [1.29, 1.82) is 5.26 Å². The molecule has 1 aliphatic heterocycles. The first-order valence-electron chi connectivity index (χ1n) is 13.0. The van der Waals surface area contributed by atoms with Gasteiger partial charge in [0.2, 0.25) is 0 Å². The van der Waals surface area contributed by atoms with Crippen molar-refractivity contribution in [2.45, 2.75) is 90.1 Å². The summed E-state index contributed by atoms with van der Waals surface area (Å²) in [6.07, 6.45) is 13.3. The molecule has 8 heteroatoms. The molecule has 1 aromatic heterocycles. The monoisotopic (exact) mass is 499 g/mol. The first-order valence-corrected chi connectivity index (χ1v) is 13.0. The van der Waals surface area contributed by atoms with Gasteiger partial charge in [0.05, 0.1) is 6.57 Å². The number of allylic oxidation sites excluding steroid dienone is 2. The summed E-state index contributed by atoms with van der Waals surface area (Å²) in [6.45, 7) is 10.7. The molecule has 4 rings (SSSR count). The number of hydrogen-bond acceptors (Lipinski definition) is 5. The first kappa shape index (κ1) is 26.2. The van der Waals surface area contributed by atoms with Gasteiger partial charge in [-0.25, -0.2) is 4.85 Å². The van der Waals surface area contributed by atoms with Crippen molar-refractivity contribution in [3.05, 3.63) is 61.8 Å². The Morgan fingerprint density at radius 3 is 2.14 bits per heavy atom. The fourth-order valence-electron chi connectivity index (χ4n) is 5.82. The van der Waals surface area contributed by atoms with E-state index in [1.807, 2.05) is 6.07 Å². The van der Waals surface area contributed by atoms with Gasteiger partial charge in [-0.15, -0.1) is 0 Å². The number of nitrogens with zero attached hydrogens (tertiary/aromatic N) is 4. The summed E-state index contributed by atoms with van der Waals surface area (Å²) in [7, 11) is 0. The van der Waals surface area contributed by atoms with Gasteiger partial charge in [0, 0.05) is 23.2 Å². The minimum atomic E-state index is -0.544. The Labute approximate surface area is 217 Å². The Hall–Kier alpha value is -3.91. The minimum Gasteiger partial charge on any atom is -0.869 e. The number of carbonyl (C=O) groups is 2. The number of carbonyl (C=O) groups excluding carboxylic acids is 2. The maximum Gasteiger partial charge on any atom is 0.271 e. The number of amides is 2. The molecule has 0 bridgehead atoms. The second kappa shape index (κ2) is 11.0. The lowest BCUT2D eigenvalue weighted by Gasteiger charge is -2.36. The second-order valence-electron chi connectivity index (χ2n) is 10.1. The standard InChI is InChI=1S/C29H32N4O4/c1-18-22(26(34)32(28(36)24(18)17-30)20-11-6-4-7-12-20)15-10-16-23-19(2)25(31-3)29(37)33(27(23)35)21-13-8-5-9-14-21/h10,15-16,20-21,37H,4-9,11-14H2,1-2H3/p-1/b16-10?,22-15-. The highest BCUT2D eigenvalue weighted by molar-refractivity contribution is 6.18. The Kier molecular flexibility index (Phi) is 7.78. The summed E-state index contributed by atoms with van der Waals surface area (Å²) in [5.74, 6) is -1.52. The van der Waals surface area contributed by atoms with E-state index in [1.54, 1.807) is 13.8 Å². The van der Waals surface area contributed by atoms with Crippen LogP contribution in [0.5, 0.6) is 5.88 Å². The van der Waals surface area contributed by atoms with Crippen molar-refractivity contribution in [2.75, 3.05) is 0 Å². The summed E-state index contributed by atoms with van der Waals surface area (Å²) in [5, 5.41) is 22.6. The average molecular weight is 500 g/mol. The summed E-state index contributed by atoms with van der Waals surface area (Å²) in [6, 6.07) is 1.51. The zero-order valence-corrected chi connectivity index (χ0v) is 21.4. The van der Waals surface area contributed by atoms with E-state index in [1.165, 1.54) is 27.7 Å². The van der Waals surface area contributed by atoms with Gasteiger partial charge in [-0.05, 0) is 62.6 Å². The molecule has 3 aliphatic rings. The van der Waals surface area contributed by atoms with Crippen molar-refractivity contribution >= 4 is 23.6 Å². The van der Waals surface area contributed by atoms with Gasteiger partial charge in [-0.3, -0.25) is 19.3 Å². The maximum atomic E-state index is 13.4. The van der Waals surface area contributed by atoms with Crippen LogP contribution in [-0.4, -0.2) is 27.3 Å². The van der Waals surface area contributed by atoms with E-state index >= 15 is 0 Å².